The summed E-state index contributed by atoms with van der Waals surface area (Å²) in [5, 5.41) is 4.01. The molecule has 126 valence electrons. The van der Waals surface area contributed by atoms with Crippen LogP contribution in [0, 0.1) is 0 Å². The topological polar surface area (TPSA) is 26.0 Å². The predicted molar refractivity (Wildman–Crippen MR) is 113 cm³/mol. The second kappa shape index (κ2) is 10.2. The first-order chi connectivity index (χ1) is 12.2. The molecule has 1 aliphatic heterocycles. The Balaban J connectivity index is 2.13. The van der Waals surface area contributed by atoms with E-state index < -0.39 is 0 Å². The molecule has 0 unspecified atom stereocenters. The van der Waals surface area contributed by atoms with Crippen molar-refractivity contribution in [3.8, 4) is 0 Å². The third-order valence-corrected chi connectivity index (χ3v) is 4.18. The standard InChI is InChI=1S/C23H23NS/c1-19-10-8-9-16-25-17-15-22(18-20(19)2)23(24)14-7-6-13-21-11-4-3-5-12-21/h3-12,14-18H,1-2,13,24H2/b7-6-,10-8-,16-9-,17-15-,22-18+,23-14-. The van der Waals surface area contributed by atoms with Crippen LogP contribution in [0.5, 0.6) is 0 Å². The molecular weight excluding hydrogens is 322 g/mol. The molecule has 1 heterocycles. The summed E-state index contributed by atoms with van der Waals surface area (Å²) in [4.78, 5) is 0. The summed E-state index contributed by atoms with van der Waals surface area (Å²) in [6.45, 7) is 8.11. The van der Waals surface area contributed by atoms with Crippen LogP contribution in [0.1, 0.15) is 5.56 Å². The molecule has 1 aromatic rings. The van der Waals surface area contributed by atoms with Crippen LogP contribution in [0.2, 0.25) is 0 Å². The third kappa shape index (κ3) is 6.74. The molecule has 1 aliphatic rings. The van der Waals surface area contributed by atoms with E-state index in [4.69, 9.17) is 5.73 Å². The lowest BCUT2D eigenvalue weighted by atomic mass is 10.0. The van der Waals surface area contributed by atoms with Gasteiger partial charge in [0.2, 0.25) is 0 Å². The fraction of sp³-hybridized carbons (Fsp3) is 0.0435. The number of thioether (sulfide) groups is 1. The highest BCUT2D eigenvalue weighted by atomic mass is 32.2. The molecular formula is C23H23NS. The van der Waals surface area contributed by atoms with Crippen LogP contribution < -0.4 is 5.73 Å². The smallest absolute Gasteiger partial charge is 0.0387 e. The Morgan fingerprint density at radius 2 is 1.80 bits per heavy atom. The fourth-order valence-corrected chi connectivity index (χ4v) is 2.62. The molecule has 1 aromatic carbocycles. The molecule has 1 nitrogen and oxygen atoms in total. The molecule has 0 amide bonds. The van der Waals surface area contributed by atoms with Gasteiger partial charge in [0.25, 0.3) is 0 Å². The third-order valence-electron chi connectivity index (χ3n) is 3.58. The second-order valence-electron chi connectivity index (χ2n) is 5.52. The van der Waals surface area contributed by atoms with Crippen molar-refractivity contribution in [2.45, 2.75) is 6.42 Å². The molecule has 0 saturated heterocycles. The Bertz CT molecular complexity index is 787. The summed E-state index contributed by atoms with van der Waals surface area (Å²) < 4.78 is 0. The molecule has 25 heavy (non-hydrogen) atoms. The minimum absolute atomic E-state index is 0.697. The van der Waals surface area contributed by atoms with E-state index in [-0.39, 0.29) is 0 Å². The van der Waals surface area contributed by atoms with Gasteiger partial charge < -0.3 is 5.73 Å². The molecule has 0 aliphatic carbocycles. The first-order valence-electron chi connectivity index (χ1n) is 8.08. The van der Waals surface area contributed by atoms with E-state index in [1.807, 2.05) is 71.5 Å². The van der Waals surface area contributed by atoms with Crippen molar-refractivity contribution >= 4 is 11.8 Å². The van der Waals surface area contributed by atoms with Crippen LogP contribution in [0.25, 0.3) is 0 Å². The number of hydrogen-bond acceptors (Lipinski definition) is 2. The minimum atomic E-state index is 0.697. The van der Waals surface area contributed by atoms with Crippen molar-refractivity contribution in [2.24, 2.45) is 5.73 Å². The Hall–Kier alpha value is -2.71. The quantitative estimate of drug-likeness (QED) is 0.678. The van der Waals surface area contributed by atoms with Gasteiger partial charge in [0.15, 0.2) is 0 Å². The monoisotopic (exact) mass is 345 g/mol. The molecule has 0 atom stereocenters. The SMILES string of the molecule is C=C1/C=C\C=C/S\C=C/C(C(/N)=C/C=C\Cc2ccccc2)=C\C1=C. The van der Waals surface area contributed by atoms with Gasteiger partial charge in [-0.2, -0.15) is 0 Å². The summed E-state index contributed by atoms with van der Waals surface area (Å²) in [5.41, 5.74) is 10.9. The Labute approximate surface area is 155 Å². The number of rotatable bonds is 4. The van der Waals surface area contributed by atoms with Gasteiger partial charge in [-0.25, -0.2) is 0 Å². The van der Waals surface area contributed by atoms with Gasteiger partial charge in [-0.05, 0) is 57.7 Å². The number of allylic oxidation sites excluding steroid dienone is 10. The Morgan fingerprint density at radius 3 is 2.60 bits per heavy atom. The van der Waals surface area contributed by atoms with Crippen LogP contribution in [0.3, 0.4) is 0 Å². The van der Waals surface area contributed by atoms with Gasteiger partial charge in [0.05, 0.1) is 0 Å². The number of nitrogens with two attached hydrogens (primary N) is 1. The van der Waals surface area contributed by atoms with Gasteiger partial charge in [-0.15, -0.1) is 11.8 Å². The minimum Gasteiger partial charge on any atom is -0.398 e. The van der Waals surface area contributed by atoms with Gasteiger partial charge in [0.1, 0.15) is 0 Å². The predicted octanol–water partition coefficient (Wildman–Crippen LogP) is 6.00. The number of benzene rings is 1. The van der Waals surface area contributed by atoms with Crippen molar-refractivity contribution in [2.75, 3.05) is 0 Å². The maximum absolute atomic E-state index is 6.26. The van der Waals surface area contributed by atoms with Gasteiger partial charge in [-0.1, -0.05) is 73.9 Å². The highest BCUT2D eigenvalue weighted by molar-refractivity contribution is 8.04. The van der Waals surface area contributed by atoms with Crippen LogP contribution >= 0.6 is 11.8 Å². The van der Waals surface area contributed by atoms with Crippen LogP contribution in [0.15, 0.2) is 125 Å². The summed E-state index contributed by atoms with van der Waals surface area (Å²) in [6, 6.07) is 10.3. The highest BCUT2D eigenvalue weighted by Gasteiger charge is 2.00. The molecule has 0 spiro atoms. The fourth-order valence-electron chi connectivity index (χ4n) is 2.12. The average molecular weight is 346 g/mol. The van der Waals surface area contributed by atoms with Gasteiger partial charge in [0, 0.05) is 5.70 Å². The van der Waals surface area contributed by atoms with Crippen LogP contribution in [0.4, 0.5) is 0 Å². The molecule has 0 fully saturated rings. The zero-order valence-corrected chi connectivity index (χ0v) is 15.1. The van der Waals surface area contributed by atoms with Crippen molar-refractivity contribution in [3.05, 3.63) is 131 Å². The van der Waals surface area contributed by atoms with Gasteiger partial charge >= 0.3 is 0 Å². The molecule has 2 heteroatoms. The normalized spacial score (nSPS) is 22.1. The summed E-state index contributed by atoms with van der Waals surface area (Å²) in [7, 11) is 0. The van der Waals surface area contributed by atoms with Crippen LogP contribution in [-0.2, 0) is 6.42 Å². The van der Waals surface area contributed by atoms with E-state index in [0.717, 1.165) is 23.1 Å². The Kier molecular flexibility index (Phi) is 7.61. The van der Waals surface area contributed by atoms with E-state index in [1.165, 1.54) is 5.56 Å². The van der Waals surface area contributed by atoms with Crippen molar-refractivity contribution < 1.29 is 0 Å². The Morgan fingerprint density at radius 1 is 1.00 bits per heavy atom. The lowest BCUT2D eigenvalue weighted by molar-refractivity contribution is 1.26. The maximum Gasteiger partial charge on any atom is 0.0387 e. The largest absolute Gasteiger partial charge is 0.398 e. The maximum atomic E-state index is 6.26. The highest BCUT2D eigenvalue weighted by Crippen LogP contribution is 2.18. The van der Waals surface area contributed by atoms with Crippen molar-refractivity contribution in [3.63, 3.8) is 0 Å². The molecule has 0 bridgehead atoms. The summed E-state index contributed by atoms with van der Waals surface area (Å²) in [6.07, 6.45) is 16.7. The second-order valence-corrected chi connectivity index (χ2v) is 6.33. The van der Waals surface area contributed by atoms with E-state index in [2.05, 4.69) is 31.4 Å². The molecule has 0 saturated carbocycles. The molecule has 2 rings (SSSR count). The molecule has 0 aromatic heterocycles. The van der Waals surface area contributed by atoms with Gasteiger partial charge in [-0.3, -0.25) is 0 Å². The van der Waals surface area contributed by atoms with E-state index in [9.17, 15) is 0 Å². The zero-order chi connectivity index (χ0) is 17.9. The lowest BCUT2D eigenvalue weighted by Crippen LogP contribution is -1.99. The molecule has 0 radical (unpaired) electrons. The molecule has 2 N–H and O–H groups in total. The van der Waals surface area contributed by atoms with Crippen molar-refractivity contribution in [1.29, 1.82) is 0 Å². The van der Waals surface area contributed by atoms with Crippen LogP contribution in [-0.4, -0.2) is 0 Å². The summed E-state index contributed by atoms with van der Waals surface area (Å²) in [5.74, 6) is 0. The zero-order valence-electron chi connectivity index (χ0n) is 14.3. The average Bonchev–Trinajstić information content (AvgIpc) is 2.66. The first kappa shape index (κ1) is 18.6. The van der Waals surface area contributed by atoms with E-state index in [0.29, 0.717) is 5.70 Å². The number of hydrogen-bond donors (Lipinski definition) is 1. The van der Waals surface area contributed by atoms with E-state index >= 15 is 0 Å². The van der Waals surface area contributed by atoms with Crippen molar-refractivity contribution in [1.82, 2.24) is 0 Å². The van der Waals surface area contributed by atoms with E-state index in [1.54, 1.807) is 11.8 Å². The lowest BCUT2D eigenvalue weighted by Gasteiger charge is -2.05. The summed E-state index contributed by atoms with van der Waals surface area (Å²) >= 11 is 1.60. The first-order valence-corrected chi connectivity index (χ1v) is 9.03.